The highest BCUT2D eigenvalue weighted by molar-refractivity contribution is 7.99. The Hall–Kier alpha value is -2.97. The zero-order valence-electron chi connectivity index (χ0n) is 19.9. The van der Waals surface area contributed by atoms with Gasteiger partial charge in [-0.1, -0.05) is 23.9 Å². The van der Waals surface area contributed by atoms with Crippen LogP contribution in [0.3, 0.4) is 0 Å². The van der Waals surface area contributed by atoms with Crippen LogP contribution >= 0.6 is 11.8 Å². The zero-order valence-corrected chi connectivity index (χ0v) is 20.7. The summed E-state index contributed by atoms with van der Waals surface area (Å²) in [4.78, 5) is 29.1. The fraction of sp³-hybridized carbons (Fsp3) is 0.385. The molecule has 8 heteroatoms. The van der Waals surface area contributed by atoms with Crippen molar-refractivity contribution in [1.82, 2.24) is 19.9 Å². The number of hydrogen-bond donors (Lipinski definition) is 0. The summed E-state index contributed by atoms with van der Waals surface area (Å²) in [5.74, 6) is 1.71. The second-order valence-corrected chi connectivity index (χ2v) is 9.31. The van der Waals surface area contributed by atoms with E-state index in [4.69, 9.17) is 14.5 Å². The molecule has 0 saturated carbocycles. The van der Waals surface area contributed by atoms with Crippen molar-refractivity contribution >= 4 is 17.7 Å². The molecule has 7 nitrogen and oxygen atoms in total. The minimum atomic E-state index is 0.0296. The van der Waals surface area contributed by atoms with Crippen molar-refractivity contribution in [3.05, 3.63) is 65.7 Å². The van der Waals surface area contributed by atoms with Crippen LogP contribution in [0.1, 0.15) is 40.5 Å². The van der Waals surface area contributed by atoms with Gasteiger partial charge in [-0.15, -0.1) is 0 Å². The molecule has 1 aliphatic rings. The summed E-state index contributed by atoms with van der Waals surface area (Å²) in [6.45, 7) is 3.86. The molecule has 3 heterocycles. The predicted molar refractivity (Wildman–Crippen MR) is 133 cm³/mol. The Kier molecular flexibility index (Phi) is 8.13. The zero-order chi connectivity index (χ0) is 23.9. The molecule has 1 amide bonds. The highest BCUT2D eigenvalue weighted by Gasteiger charge is 2.29. The van der Waals surface area contributed by atoms with Crippen molar-refractivity contribution in [2.45, 2.75) is 30.8 Å². The fourth-order valence-corrected chi connectivity index (χ4v) is 4.98. The maximum Gasteiger partial charge on any atom is 0.255 e. The van der Waals surface area contributed by atoms with Crippen LogP contribution in [0.15, 0.2) is 53.9 Å². The third-order valence-electron chi connectivity index (χ3n) is 6.03. The summed E-state index contributed by atoms with van der Waals surface area (Å²) in [6, 6.07) is 11.6. The number of likely N-dealkylation sites (tertiary alicyclic amines) is 1. The molecule has 1 aromatic carbocycles. The Morgan fingerprint density at radius 3 is 2.88 bits per heavy atom. The third-order valence-corrected chi connectivity index (χ3v) is 6.85. The van der Waals surface area contributed by atoms with Crippen molar-refractivity contribution in [3.8, 4) is 16.9 Å². The van der Waals surface area contributed by atoms with Crippen LogP contribution in [0.5, 0.6) is 5.75 Å². The number of amides is 1. The summed E-state index contributed by atoms with van der Waals surface area (Å²) in [5.41, 5.74) is 4.38. The lowest BCUT2D eigenvalue weighted by molar-refractivity contribution is 0.0704. The molecule has 178 valence electrons. The summed E-state index contributed by atoms with van der Waals surface area (Å²) < 4.78 is 10.6. The van der Waals surface area contributed by atoms with E-state index in [1.54, 1.807) is 32.2 Å². The molecule has 0 radical (unpaired) electrons. The number of pyridine rings is 1. The van der Waals surface area contributed by atoms with Gasteiger partial charge in [-0.25, -0.2) is 9.97 Å². The van der Waals surface area contributed by atoms with E-state index in [1.165, 1.54) is 0 Å². The van der Waals surface area contributed by atoms with Gasteiger partial charge in [0.25, 0.3) is 5.91 Å². The molecule has 1 atom stereocenters. The monoisotopic (exact) mass is 478 g/mol. The van der Waals surface area contributed by atoms with E-state index in [0.717, 1.165) is 58.6 Å². The molecule has 0 bridgehead atoms. The van der Waals surface area contributed by atoms with Crippen LogP contribution in [0.25, 0.3) is 11.1 Å². The number of thioether (sulfide) groups is 1. The largest absolute Gasteiger partial charge is 0.497 e. The molecule has 2 aromatic heterocycles. The maximum atomic E-state index is 13.3. The van der Waals surface area contributed by atoms with Gasteiger partial charge in [0.2, 0.25) is 0 Å². The van der Waals surface area contributed by atoms with Crippen molar-refractivity contribution in [1.29, 1.82) is 0 Å². The summed E-state index contributed by atoms with van der Waals surface area (Å²) in [7, 11) is 3.35. The first-order valence-corrected chi connectivity index (χ1v) is 12.4. The minimum absolute atomic E-state index is 0.0296. The van der Waals surface area contributed by atoms with Crippen LogP contribution < -0.4 is 4.74 Å². The van der Waals surface area contributed by atoms with Gasteiger partial charge in [-0.05, 0) is 49.6 Å². The fourth-order valence-electron chi connectivity index (χ4n) is 4.25. The van der Waals surface area contributed by atoms with Crippen LogP contribution in [0, 0.1) is 6.92 Å². The number of piperidine rings is 1. The topological polar surface area (TPSA) is 77.4 Å². The van der Waals surface area contributed by atoms with E-state index < -0.39 is 0 Å². The predicted octanol–water partition coefficient (Wildman–Crippen LogP) is 4.61. The number of aryl methyl sites for hydroxylation is 1. The van der Waals surface area contributed by atoms with Gasteiger partial charge in [0.1, 0.15) is 5.75 Å². The SMILES string of the molecule is COCCSc1ncc(-c2cccc(OC)c2)c([C@@H]2CCCN(C(=O)c3cccnc3C)C2)n1. The van der Waals surface area contributed by atoms with Crippen LogP contribution in [0.4, 0.5) is 0 Å². The van der Waals surface area contributed by atoms with Gasteiger partial charge in [0.15, 0.2) is 5.16 Å². The van der Waals surface area contributed by atoms with Crippen LogP contribution in [0.2, 0.25) is 0 Å². The molecule has 3 aromatic rings. The lowest BCUT2D eigenvalue weighted by Gasteiger charge is -2.33. The molecule has 4 rings (SSSR count). The summed E-state index contributed by atoms with van der Waals surface area (Å²) >= 11 is 1.58. The smallest absolute Gasteiger partial charge is 0.255 e. The standard InChI is InChI=1S/C26H30N4O3S/c1-18-22(10-5-11-27-18)25(31)30-12-6-8-20(17-30)24-23(19-7-4-9-21(15-19)33-3)16-28-26(29-24)34-14-13-32-2/h4-5,7,9-11,15-16,20H,6,8,12-14,17H2,1-3H3/t20-/m1/s1. The van der Waals surface area contributed by atoms with Crippen molar-refractivity contribution in [2.75, 3.05) is 39.7 Å². The van der Waals surface area contributed by atoms with E-state index in [-0.39, 0.29) is 11.8 Å². The Bertz CT molecular complexity index is 1140. The number of benzene rings is 1. The normalized spacial score (nSPS) is 15.9. The number of ether oxygens (including phenoxy) is 2. The number of methoxy groups -OCH3 is 2. The molecule has 0 N–H and O–H groups in total. The highest BCUT2D eigenvalue weighted by atomic mass is 32.2. The quantitative estimate of drug-likeness (QED) is 0.266. The van der Waals surface area contributed by atoms with Crippen LogP contribution in [-0.2, 0) is 4.74 Å². The molecule has 34 heavy (non-hydrogen) atoms. The van der Waals surface area contributed by atoms with E-state index in [1.807, 2.05) is 54.4 Å². The second-order valence-electron chi connectivity index (χ2n) is 8.25. The molecule has 1 fully saturated rings. The average Bonchev–Trinajstić information content (AvgIpc) is 2.89. The van der Waals surface area contributed by atoms with Gasteiger partial charge in [-0.3, -0.25) is 9.78 Å². The molecule has 1 aliphatic heterocycles. The van der Waals surface area contributed by atoms with E-state index in [2.05, 4.69) is 9.97 Å². The highest BCUT2D eigenvalue weighted by Crippen LogP contribution is 2.35. The van der Waals surface area contributed by atoms with Gasteiger partial charge in [-0.2, -0.15) is 0 Å². The number of carbonyl (C=O) groups is 1. The van der Waals surface area contributed by atoms with Gasteiger partial charge in [0.05, 0.1) is 25.0 Å². The molecule has 0 aliphatic carbocycles. The number of rotatable bonds is 8. The second kappa shape index (κ2) is 11.4. The Morgan fingerprint density at radius 2 is 2.09 bits per heavy atom. The molecule has 1 saturated heterocycles. The number of carbonyl (C=O) groups excluding carboxylic acids is 1. The summed E-state index contributed by atoms with van der Waals surface area (Å²) in [5, 5.41) is 0.727. The number of hydrogen-bond acceptors (Lipinski definition) is 7. The first-order chi connectivity index (χ1) is 16.6. The first-order valence-electron chi connectivity index (χ1n) is 11.4. The van der Waals surface area contributed by atoms with E-state index in [0.29, 0.717) is 18.7 Å². The Balaban J connectivity index is 1.66. The molecule has 0 spiro atoms. The lowest BCUT2D eigenvalue weighted by atomic mass is 9.89. The maximum absolute atomic E-state index is 13.3. The minimum Gasteiger partial charge on any atom is -0.497 e. The van der Waals surface area contributed by atoms with Crippen LogP contribution in [-0.4, -0.2) is 65.4 Å². The van der Waals surface area contributed by atoms with Crippen molar-refractivity contribution in [2.24, 2.45) is 0 Å². The number of nitrogens with zero attached hydrogens (tertiary/aromatic N) is 4. The van der Waals surface area contributed by atoms with E-state index >= 15 is 0 Å². The average molecular weight is 479 g/mol. The number of aromatic nitrogens is 3. The van der Waals surface area contributed by atoms with Gasteiger partial charge >= 0.3 is 0 Å². The first kappa shape index (κ1) is 24.2. The molecular formula is C26H30N4O3S. The van der Waals surface area contributed by atoms with Gasteiger partial charge < -0.3 is 14.4 Å². The van der Waals surface area contributed by atoms with Crippen molar-refractivity contribution in [3.63, 3.8) is 0 Å². The Labute approximate surface area is 204 Å². The molecular weight excluding hydrogens is 448 g/mol. The molecule has 0 unspecified atom stereocenters. The summed E-state index contributed by atoms with van der Waals surface area (Å²) in [6.07, 6.45) is 5.50. The Morgan fingerprint density at radius 1 is 1.21 bits per heavy atom. The van der Waals surface area contributed by atoms with Gasteiger partial charge in [0, 0.05) is 55.5 Å². The van der Waals surface area contributed by atoms with E-state index in [9.17, 15) is 4.79 Å². The lowest BCUT2D eigenvalue weighted by Crippen LogP contribution is -2.39. The third kappa shape index (κ3) is 5.56. The van der Waals surface area contributed by atoms with Crippen molar-refractivity contribution < 1.29 is 14.3 Å².